The molecule has 1 amide bonds. The van der Waals surface area contributed by atoms with Gasteiger partial charge in [0.05, 0.1) is 16.8 Å². The number of sulfonamides is 1. The molecular formula is C18H23N5O3S. The van der Waals surface area contributed by atoms with Crippen molar-refractivity contribution in [3.63, 3.8) is 0 Å². The van der Waals surface area contributed by atoms with E-state index in [1.165, 1.54) is 28.6 Å². The molecule has 9 heteroatoms. The summed E-state index contributed by atoms with van der Waals surface area (Å²) in [5.41, 5.74) is 5.42. The Morgan fingerprint density at radius 1 is 1.19 bits per heavy atom. The third-order valence-corrected chi connectivity index (χ3v) is 6.66. The van der Waals surface area contributed by atoms with E-state index in [0.29, 0.717) is 18.7 Å². The average molecular weight is 389 g/mol. The highest BCUT2D eigenvalue weighted by Gasteiger charge is 2.27. The van der Waals surface area contributed by atoms with Crippen LogP contribution in [0.5, 0.6) is 0 Å². The van der Waals surface area contributed by atoms with Crippen molar-refractivity contribution >= 4 is 22.1 Å². The molecule has 0 saturated carbocycles. The molecule has 27 heavy (non-hydrogen) atoms. The minimum atomic E-state index is -3.48. The lowest BCUT2D eigenvalue weighted by Gasteiger charge is -2.15. The second-order valence-corrected chi connectivity index (χ2v) is 8.48. The topological polar surface area (TPSA) is 96.7 Å². The van der Waals surface area contributed by atoms with E-state index in [2.05, 4.69) is 15.6 Å². The number of nitrogens with zero attached hydrogens (tertiary/aromatic N) is 4. The van der Waals surface area contributed by atoms with Crippen molar-refractivity contribution < 1.29 is 13.2 Å². The van der Waals surface area contributed by atoms with Gasteiger partial charge in [-0.3, -0.25) is 9.48 Å². The Kier molecular flexibility index (Phi) is 5.43. The van der Waals surface area contributed by atoms with E-state index in [4.69, 9.17) is 0 Å². The highest BCUT2D eigenvalue weighted by atomic mass is 32.2. The fourth-order valence-electron chi connectivity index (χ4n) is 3.05. The SMILES string of the molecule is Cc1nn(C)c(C)c1/C=N\NC(=O)c1ccc(S(=O)(=O)N2CCCC2)cc1. The summed E-state index contributed by atoms with van der Waals surface area (Å²) in [5, 5.41) is 8.27. The molecule has 144 valence electrons. The third-order valence-electron chi connectivity index (χ3n) is 4.74. The number of carbonyl (C=O) groups excluding carboxylic acids is 1. The van der Waals surface area contributed by atoms with Crippen LogP contribution in [0.4, 0.5) is 0 Å². The Morgan fingerprint density at radius 2 is 1.81 bits per heavy atom. The predicted octanol–water partition coefficient (Wildman–Crippen LogP) is 1.59. The van der Waals surface area contributed by atoms with Crippen molar-refractivity contribution in [3.8, 4) is 0 Å². The van der Waals surface area contributed by atoms with Gasteiger partial charge in [0.2, 0.25) is 10.0 Å². The first kappa shape index (κ1) is 19.2. The number of amides is 1. The maximum absolute atomic E-state index is 12.5. The molecule has 0 spiro atoms. The van der Waals surface area contributed by atoms with Crippen molar-refractivity contribution in [2.24, 2.45) is 12.1 Å². The first-order chi connectivity index (χ1) is 12.8. The predicted molar refractivity (Wildman–Crippen MR) is 102 cm³/mol. The number of hydrazone groups is 1. The van der Waals surface area contributed by atoms with Crippen LogP contribution in [0.15, 0.2) is 34.3 Å². The number of nitrogens with one attached hydrogen (secondary N) is 1. The Morgan fingerprint density at radius 3 is 2.37 bits per heavy atom. The lowest BCUT2D eigenvalue weighted by atomic mass is 10.2. The van der Waals surface area contributed by atoms with Crippen LogP contribution in [0.25, 0.3) is 0 Å². The number of rotatable bonds is 5. The molecule has 0 bridgehead atoms. The molecule has 1 aromatic carbocycles. The summed E-state index contributed by atoms with van der Waals surface area (Å²) in [6.45, 7) is 4.89. The summed E-state index contributed by atoms with van der Waals surface area (Å²) in [5.74, 6) is -0.407. The zero-order chi connectivity index (χ0) is 19.6. The van der Waals surface area contributed by atoms with E-state index in [-0.39, 0.29) is 4.90 Å². The first-order valence-electron chi connectivity index (χ1n) is 8.74. The average Bonchev–Trinajstić information content (AvgIpc) is 3.27. The Bertz CT molecular complexity index is 971. The summed E-state index contributed by atoms with van der Waals surface area (Å²) < 4.78 is 28.2. The van der Waals surface area contributed by atoms with Gasteiger partial charge >= 0.3 is 0 Å². The zero-order valence-corrected chi connectivity index (χ0v) is 16.5. The molecule has 0 radical (unpaired) electrons. The van der Waals surface area contributed by atoms with Gasteiger partial charge in [-0.25, -0.2) is 13.8 Å². The second kappa shape index (κ2) is 7.61. The molecule has 0 unspecified atom stereocenters. The molecule has 1 aliphatic heterocycles. The lowest BCUT2D eigenvalue weighted by Crippen LogP contribution is -2.28. The van der Waals surface area contributed by atoms with E-state index in [1.54, 1.807) is 10.9 Å². The number of aromatic nitrogens is 2. The van der Waals surface area contributed by atoms with Gasteiger partial charge in [0.1, 0.15) is 0 Å². The largest absolute Gasteiger partial charge is 0.272 e. The molecule has 8 nitrogen and oxygen atoms in total. The third kappa shape index (κ3) is 3.93. The maximum atomic E-state index is 12.5. The summed E-state index contributed by atoms with van der Waals surface area (Å²) >= 11 is 0. The van der Waals surface area contributed by atoms with Crippen LogP contribution in [-0.4, -0.2) is 47.7 Å². The molecule has 1 saturated heterocycles. The molecule has 1 N–H and O–H groups in total. The molecule has 1 aromatic heterocycles. The van der Waals surface area contributed by atoms with Gasteiger partial charge in [-0.1, -0.05) is 0 Å². The van der Waals surface area contributed by atoms with E-state index >= 15 is 0 Å². The lowest BCUT2D eigenvalue weighted by molar-refractivity contribution is 0.0955. The molecule has 0 atom stereocenters. The van der Waals surface area contributed by atoms with Crippen LogP contribution in [0.2, 0.25) is 0 Å². The standard InChI is InChI=1S/C18H23N5O3S/c1-13-17(14(2)22(3)21-13)12-19-20-18(24)15-6-8-16(9-7-15)27(25,26)23-10-4-5-11-23/h6-9,12H,4-5,10-11H2,1-3H3,(H,20,24)/b19-12-. The zero-order valence-electron chi connectivity index (χ0n) is 15.6. The molecule has 0 aliphatic carbocycles. The fraction of sp³-hybridized carbons (Fsp3) is 0.389. The van der Waals surface area contributed by atoms with Gasteiger partial charge in [0.15, 0.2) is 0 Å². The summed E-state index contributed by atoms with van der Waals surface area (Å²) in [7, 11) is -1.64. The summed E-state index contributed by atoms with van der Waals surface area (Å²) in [6.07, 6.45) is 3.32. The van der Waals surface area contributed by atoms with Gasteiger partial charge in [0, 0.05) is 37.0 Å². The van der Waals surface area contributed by atoms with Gasteiger partial charge in [-0.15, -0.1) is 0 Å². The van der Waals surface area contributed by atoms with Crippen LogP contribution in [0.3, 0.4) is 0 Å². The smallest absolute Gasteiger partial charge is 0.271 e. The van der Waals surface area contributed by atoms with Crippen molar-refractivity contribution in [1.82, 2.24) is 19.5 Å². The van der Waals surface area contributed by atoms with Crippen molar-refractivity contribution in [1.29, 1.82) is 0 Å². The number of hydrogen-bond donors (Lipinski definition) is 1. The number of aryl methyl sites for hydroxylation is 2. The van der Waals surface area contributed by atoms with Crippen molar-refractivity contribution in [2.75, 3.05) is 13.1 Å². The van der Waals surface area contributed by atoms with Gasteiger partial charge in [0.25, 0.3) is 5.91 Å². The number of carbonyl (C=O) groups is 1. The minimum absolute atomic E-state index is 0.200. The monoisotopic (exact) mass is 389 g/mol. The van der Waals surface area contributed by atoms with Gasteiger partial charge in [-0.05, 0) is 51.0 Å². The van der Waals surface area contributed by atoms with E-state index < -0.39 is 15.9 Å². The normalized spacial score (nSPS) is 15.5. The van der Waals surface area contributed by atoms with E-state index in [1.807, 2.05) is 20.9 Å². The van der Waals surface area contributed by atoms with Crippen molar-refractivity contribution in [2.45, 2.75) is 31.6 Å². The first-order valence-corrected chi connectivity index (χ1v) is 10.2. The molecule has 1 aliphatic rings. The Labute approximate surface area is 158 Å². The Hall–Kier alpha value is -2.52. The number of hydrogen-bond acceptors (Lipinski definition) is 5. The maximum Gasteiger partial charge on any atom is 0.271 e. The summed E-state index contributed by atoms with van der Waals surface area (Å²) in [6, 6.07) is 5.91. The van der Waals surface area contributed by atoms with Crippen LogP contribution in [0.1, 0.15) is 40.2 Å². The fourth-order valence-corrected chi connectivity index (χ4v) is 4.57. The van der Waals surface area contributed by atoms with Gasteiger partial charge < -0.3 is 0 Å². The molecule has 1 fully saturated rings. The van der Waals surface area contributed by atoms with Crippen LogP contribution in [0, 0.1) is 13.8 Å². The molecule has 2 aromatic rings. The minimum Gasteiger partial charge on any atom is -0.272 e. The quantitative estimate of drug-likeness (QED) is 0.620. The van der Waals surface area contributed by atoms with Crippen LogP contribution in [-0.2, 0) is 17.1 Å². The van der Waals surface area contributed by atoms with Gasteiger partial charge in [-0.2, -0.15) is 14.5 Å². The van der Waals surface area contributed by atoms with Crippen molar-refractivity contribution in [3.05, 3.63) is 46.8 Å². The summed E-state index contributed by atoms with van der Waals surface area (Å²) in [4.78, 5) is 12.4. The molecule has 3 rings (SSSR count). The number of benzene rings is 1. The molecular weight excluding hydrogens is 366 g/mol. The highest BCUT2D eigenvalue weighted by Crippen LogP contribution is 2.21. The highest BCUT2D eigenvalue weighted by molar-refractivity contribution is 7.89. The van der Waals surface area contributed by atoms with E-state index in [9.17, 15) is 13.2 Å². The van der Waals surface area contributed by atoms with Crippen LogP contribution < -0.4 is 5.43 Å². The second-order valence-electron chi connectivity index (χ2n) is 6.54. The Balaban J connectivity index is 1.68. The van der Waals surface area contributed by atoms with Crippen LogP contribution >= 0.6 is 0 Å². The molecule has 2 heterocycles. The van der Waals surface area contributed by atoms with E-state index in [0.717, 1.165) is 29.8 Å².